The molecule has 1 fully saturated rings. The predicted octanol–water partition coefficient (Wildman–Crippen LogP) is 3.81. The molecule has 1 N–H and O–H groups in total. The number of piperidine rings is 1. The summed E-state index contributed by atoms with van der Waals surface area (Å²) in [7, 11) is 0. The van der Waals surface area contributed by atoms with E-state index in [4.69, 9.17) is 4.74 Å². The second-order valence-corrected chi connectivity index (χ2v) is 6.58. The molecule has 2 heterocycles. The van der Waals surface area contributed by atoms with E-state index >= 15 is 0 Å². The number of aromatic nitrogens is 2. The smallest absolute Gasteiger partial charge is 0.418 e. The summed E-state index contributed by atoms with van der Waals surface area (Å²) < 4.78 is 44.4. The molecule has 0 spiro atoms. The summed E-state index contributed by atoms with van der Waals surface area (Å²) in [6.07, 6.45) is -1.26. The van der Waals surface area contributed by atoms with Crippen molar-refractivity contribution in [1.29, 1.82) is 0 Å². The van der Waals surface area contributed by atoms with E-state index in [0.29, 0.717) is 11.6 Å². The summed E-state index contributed by atoms with van der Waals surface area (Å²) in [5.41, 5.74) is -0.529. The Morgan fingerprint density at radius 1 is 1.18 bits per heavy atom. The van der Waals surface area contributed by atoms with Crippen LogP contribution in [0.3, 0.4) is 0 Å². The van der Waals surface area contributed by atoms with Gasteiger partial charge in [-0.05, 0) is 38.3 Å². The molecule has 0 atom stereocenters. The molecule has 2 aromatic rings. The summed E-state index contributed by atoms with van der Waals surface area (Å²) in [6.45, 7) is 3.05. The summed E-state index contributed by atoms with van der Waals surface area (Å²) in [5.74, 6) is 0.0531. The number of para-hydroxylation sites is 1. The number of hydrogen-bond donors (Lipinski definition) is 1. The first kappa shape index (κ1) is 19.9. The van der Waals surface area contributed by atoms with E-state index in [1.54, 1.807) is 13.0 Å². The fourth-order valence-electron chi connectivity index (χ4n) is 3.00. The van der Waals surface area contributed by atoms with Crippen molar-refractivity contribution in [2.75, 3.05) is 29.9 Å². The Morgan fingerprint density at radius 2 is 1.89 bits per heavy atom. The van der Waals surface area contributed by atoms with Crippen LogP contribution in [0.4, 0.5) is 24.8 Å². The minimum atomic E-state index is -4.56. The normalized spacial score (nSPS) is 14.6. The molecule has 1 aromatic carbocycles. The number of alkyl halides is 3. The lowest BCUT2D eigenvalue weighted by Crippen LogP contribution is -2.31. The Morgan fingerprint density at radius 3 is 2.61 bits per heavy atom. The molecule has 0 radical (unpaired) electrons. The number of halogens is 3. The van der Waals surface area contributed by atoms with Crippen molar-refractivity contribution in [3.8, 4) is 5.88 Å². The number of carbonyl (C=O) groups excluding carboxylic acids is 1. The highest BCUT2D eigenvalue weighted by molar-refractivity contribution is 5.92. The average Bonchev–Trinajstić information content (AvgIpc) is 2.66. The molecular weight excluding hydrogens is 373 g/mol. The number of hydrogen-bond acceptors (Lipinski definition) is 5. The van der Waals surface area contributed by atoms with Crippen LogP contribution in [0.5, 0.6) is 5.88 Å². The number of rotatable bonds is 5. The van der Waals surface area contributed by atoms with E-state index in [-0.39, 0.29) is 11.6 Å². The molecule has 0 saturated carbocycles. The molecule has 0 bridgehead atoms. The number of amides is 1. The van der Waals surface area contributed by atoms with Crippen molar-refractivity contribution in [3.05, 3.63) is 41.6 Å². The van der Waals surface area contributed by atoms with Crippen LogP contribution in [0.25, 0.3) is 0 Å². The van der Waals surface area contributed by atoms with Gasteiger partial charge in [0.2, 0.25) is 11.8 Å². The standard InChI is InChI=1S/C19H21F3N4O2/c1-13-11-17(25-18(23-13)26-9-5-2-6-10-26)28-12-16(27)24-15-8-4-3-7-14(15)19(20,21)22/h3-4,7-8,11H,2,5-6,9-10,12H2,1H3,(H,24,27). The fourth-order valence-corrected chi connectivity index (χ4v) is 3.00. The Bertz CT molecular complexity index is 836. The van der Waals surface area contributed by atoms with Crippen molar-refractivity contribution in [2.45, 2.75) is 32.4 Å². The molecule has 9 heteroatoms. The Hall–Kier alpha value is -2.84. The molecule has 1 aliphatic rings. The first-order valence-corrected chi connectivity index (χ1v) is 9.02. The van der Waals surface area contributed by atoms with Crippen LogP contribution in [-0.4, -0.2) is 35.6 Å². The summed E-state index contributed by atoms with van der Waals surface area (Å²) >= 11 is 0. The maximum absolute atomic E-state index is 13.0. The van der Waals surface area contributed by atoms with Gasteiger partial charge in [-0.2, -0.15) is 18.2 Å². The van der Waals surface area contributed by atoms with E-state index in [1.165, 1.54) is 24.6 Å². The van der Waals surface area contributed by atoms with E-state index in [2.05, 4.69) is 20.2 Å². The van der Waals surface area contributed by atoms with Crippen LogP contribution in [0.1, 0.15) is 30.5 Å². The zero-order valence-electron chi connectivity index (χ0n) is 15.4. The van der Waals surface area contributed by atoms with Gasteiger partial charge in [0, 0.05) is 24.8 Å². The van der Waals surface area contributed by atoms with Crippen LogP contribution in [-0.2, 0) is 11.0 Å². The van der Waals surface area contributed by atoms with Crippen molar-refractivity contribution in [3.63, 3.8) is 0 Å². The van der Waals surface area contributed by atoms with Crippen molar-refractivity contribution >= 4 is 17.5 Å². The monoisotopic (exact) mass is 394 g/mol. The van der Waals surface area contributed by atoms with Crippen molar-refractivity contribution < 1.29 is 22.7 Å². The Kier molecular flexibility index (Phi) is 6.01. The molecule has 0 unspecified atom stereocenters. The molecule has 6 nitrogen and oxygen atoms in total. The maximum atomic E-state index is 13.0. The number of aryl methyl sites for hydroxylation is 1. The third-order valence-electron chi connectivity index (χ3n) is 4.32. The van der Waals surface area contributed by atoms with Gasteiger partial charge in [-0.15, -0.1) is 0 Å². The molecule has 0 aliphatic carbocycles. The molecule has 3 rings (SSSR count). The third kappa shape index (κ3) is 5.11. The van der Waals surface area contributed by atoms with Gasteiger partial charge >= 0.3 is 6.18 Å². The number of ether oxygens (including phenoxy) is 1. The number of nitrogens with zero attached hydrogens (tertiary/aromatic N) is 3. The third-order valence-corrected chi connectivity index (χ3v) is 4.32. The summed E-state index contributed by atoms with van der Waals surface area (Å²) in [4.78, 5) is 22.9. The molecule has 150 valence electrons. The molecular formula is C19H21F3N4O2. The van der Waals surface area contributed by atoms with Gasteiger partial charge in [0.25, 0.3) is 5.91 Å². The van der Waals surface area contributed by atoms with Crippen LogP contribution in [0.15, 0.2) is 30.3 Å². The van der Waals surface area contributed by atoms with E-state index < -0.39 is 24.3 Å². The van der Waals surface area contributed by atoms with E-state index in [9.17, 15) is 18.0 Å². The molecule has 28 heavy (non-hydrogen) atoms. The minimum absolute atomic E-state index is 0.215. The fraction of sp³-hybridized carbons (Fsp3) is 0.421. The number of benzene rings is 1. The summed E-state index contributed by atoms with van der Waals surface area (Å²) in [6, 6.07) is 6.38. The Balaban J connectivity index is 1.64. The highest BCUT2D eigenvalue weighted by Crippen LogP contribution is 2.34. The first-order chi connectivity index (χ1) is 13.3. The molecule has 1 saturated heterocycles. The Labute approximate surface area is 160 Å². The molecule has 1 aromatic heterocycles. The topological polar surface area (TPSA) is 67.3 Å². The van der Waals surface area contributed by atoms with Gasteiger partial charge in [0.1, 0.15) is 0 Å². The zero-order chi connectivity index (χ0) is 20.1. The highest BCUT2D eigenvalue weighted by atomic mass is 19.4. The SMILES string of the molecule is Cc1cc(OCC(=O)Nc2ccccc2C(F)(F)F)nc(N2CCCCC2)n1. The first-order valence-electron chi connectivity index (χ1n) is 9.02. The minimum Gasteiger partial charge on any atom is -0.467 e. The lowest BCUT2D eigenvalue weighted by Gasteiger charge is -2.27. The second kappa shape index (κ2) is 8.45. The largest absolute Gasteiger partial charge is 0.467 e. The maximum Gasteiger partial charge on any atom is 0.418 e. The van der Waals surface area contributed by atoms with Gasteiger partial charge in [-0.1, -0.05) is 12.1 Å². The van der Waals surface area contributed by atoms with Crippen molar-refractivity contribution in [1.82, 2.24) is 9.97 Å². The number of nitrogens with one attached hydrogen (secondary N) is 1. The van der Waals surface area contributed by atoms with Gasteiger partial charge < -0.3 is 15.0 Å². The van der Waals surface area contributed by atoms with Crippen LogP contribution in [0, 0.1) is 6.92 Å². The van der Waals surface area contributed by atoms with Crippen LogP contribution >= 0.6 is 0 Å². The zero-order valence-corrected chi connectivity index (χ0v) is 15.4. The molecule has 1 amide bonds. The average molecular weight is 394 g/mol. The van der Waals surface area contributed by atoms with Gasteiger partial charge in [0.15, 0.2) is 6.61 Å². The quantitative estimate of drug-likeness (QED) is 0.835. The van der Waals surface area contributed by atoms with Gasteiger partial charge in [-0.25, -0.2) is 4.98 Å². The van der Waals surface area contributed by atoms with E-state index in [1.807, 2.05) is 0 Å². The van der Waals surface area contributed by atoms with Crippen molar-refractivity contribution in [2.24, 2.45) is 0 Å². The molecule has 1 aliphatic heterocycles. The van der Waals surface area contributed by atoms with Crippen LogP contribution in [0.2, 0.25) is 0 Å². The lowest BCUT2D eigenvalue weighted by molar-refractivity contribution is -0.137. The lowest BCUT2D eigenvalue weighted by atomic mass is 10.1. The second-order valence-electron chi connectivity index (χ2n) is 6.58. The number of anilines is 2. The van der Waals surface area contributed by atoms with Gasteiger partial charge in [-0.3, -0.25) is 4.79 Å². The van der Waals surface area contributed by atoms with Crippen LogP contribution < -0.4 is 15.0 Å². The highest BCUT2D eigenvalue weighted by Gasteiger charge is 2.33. The summed E-state index contributed by atoms with van der Waals surface area (Å²) in [5, 5.41) is 2.24. The van der Waals surface area contributed by atoms with E-state index in [0.717, 1.165) is 32.0 Å². The van der Waals surface area contributed by atoms with Gasteiger partial charge in [0.05, 0.1) is 11.3 Å². The number of carbonyl (C=O) groups is 1. The predicted molar refractivity (Wildman–Crippen MR) is 98.4 cm³/mol.